The highest BCUT2D eigenvalue weighted by Crippen LogP contribution is 2.27. The lowest BCUT2D eigenvalue weighted by Crippen LogP contribution is -2.21. The van der Waals surface area contributed by atoms with Crippen molar-refractivity contribution in [2.45, 2.75) is 39.3 Å². The molecule has 3 rings (SSSR count). The lowest BCUT2D eigenvalue weighted by atomic mass is 10.0. The molecule has 1 amide bonds. The number of nitrogens with two attached hydrogens (primary N) is 1. The molecule has 2 aromatic carbocycles. The highest BCUT2D eigenvalue weighted by atomic mass is 19.1. The summed E-state index contributed by atoms with van der Waals surface area (Å²) in [6, 6.07) is 7.98. The summed E-state index contributed by atoms with van der Waals surface area (Å²) in [5.74, 6) is -2.61. The van der Waals surface area contributed by atoms with Crippen LogP contribution in [-0.2, 0) is 11.2 Å². The summed E-state index contributed by atoms with van der Waals surface area (Å²) in [6.07, 6.45) is 0.775. The van der Waals surface area contributed by atoms with Crippen molar-refractivity contribution < 1.29 is 23.5 Å². The Balaban J connectivity index is 0.000000784. The fraction of sp³-hybridized carbons (Fsp3) is 0.280. The molecule has 186 valence electrons. The van der Waals surface area contributed by atoms with Crippen LogP contribution in [0.5, 0.6) is 0 Å². The first-order valence-corrected chi connectivity index (χ1v) is 10.9. The number of nitrogen functional groups attached to an aromatic ring is 1. The molecule has 10 heteroatoms. The van der Waals surface area contributed by atoms with Crippen LogP contribution in [-0.4, -0.2) is 40.4 Å². The van der Waals surface area contributed by atoms with E-state index in [1.807, 2.05) is 14.0 Å². The number of aryl methyl sites for hydroxylation is 1. The second-order valence-corrected chi connectivity index (χ2v) is 7.91. The van der Waals surface area contributed by atoms with Crippen molar-refractivity contribution in [1.82, 2.24) is 15.3 Å². The van der Waals surface area contributed by atoms with Crippen LogP contribution >= 0.6 is 0 Å². The SMILES string of the molecule is CCc1cc(NC(=O)C(O)c2cc(F)cc(F)c2)ccc1-c1cnc(N)c(C=O)n1.CNC(C)C. The maximum Gasteiger partial charge on any atom is 0.257 e. The normalized spacial score (nSPS) is 11.4. The van der Waals surface area contributed by atoms with E-state index in [1.54, 1.807) is 18.2 Å². The monoisotopic (exact) mass is 485 g/mol. The molecule has 8 nitrogen and oxygen atoms in total. The number of carbonyl (C=O) groups excluding carboxylic acids is 2. The van der Waals surface area contributed by atoms with Crippen molar-refractivity contribution in [2.75, 3.05) is 18.1 Å². The molecule has 35 heavy (non-hydrogen) atoms. The molecule has 1 aromatic heterocycles. The average Bonchev–Trinajstić information content (AvgIpc) is 2.83. The standard InChI is InChI=1S/C21H18F2N4O3.C4H11N/c1-2-11-7-15(3-4-16(11)17-9-25-20(24)18(10-28)27-17)26-21(30)19(29)12-5-13(22)8-14(23)6-12;1-4(2)5-3/h3-10,19,29H,2H2,1H3,(H2,24,25)(H,26,30);4-5H,1-3H3. The van der Waals surface area contributed by atoms with Gasteiger partial charge in [0.1, 0.15) is 17.3 Å². The Labute approximate surface area is 202 Å². The van der Waals surface area contributed by atoms with Crippen LogP contribution in [0.4, 0.5) is 20.3 Å². The minimum absolute atomic E-state index is 0.0254. The van der Waals surface area contributed by atoms with Gasteiger partial charge < -0.3 is 21.5 Å². The van der Waals surface area contributed by atoms with Gasteiger partial charge in [-0.2, -0.15) is 0 Å². The van der Waals surface area contributed by atoms with Gasteiger partial charge in [0.05, 0.1) is 11.9 Å². The number of halogens is 2. The molecule has 0 saturated carbocycles. The largest absolute Gasteiger partial charge is 0.382 e. The molecular formula is C25H29F2N5O3. The Morgan fingerprint density at radius 1 is 1.17 bits per heavy atom. The fourth-order valence-electron chi connectivity index (χ4n) is 2.94. The Hall–Kier alpha value is -3.76. The van der Waals surface area contributed by atoms with E-state index in [-0.39, 0.29) is 17.1 Å². The third kappa shape index (κ3) is 7.62. The zero-order valence-electron chi connectivity index (χ0n) is 20.0. The minimum atomic E-state index is -1.75. The van der Waals surface area contributed by atoms with Crippen LogP contribution < -0.4 is 16.4 Å². The van der Waals surface area contributed by atoms with Gasteiger partial charge >= 0.3 is 0 Å². The van der Waals surface area contributed by atoms with Gasteiger partial charge in [-0.25, -0.2) is 18.7 Å². The number of aldehydes is 1. The van der Waals surface area contributed by atoms with E-state index in [2.05, 4.69) is 34.4 Å². The summed E-state index contributed by atoms with van der Waals surface area (Å²) < 4.78 is 26.7. The number of nitrogens with one attached hydrogen (secondary N) is 2. The number of nitrogens with zero attached hydrogens (tertiary/aromatic N) is 2. The van der Waals surface area contributed by atoms with Gasteiger partial charge in [0.2, 0.25) is 0 Å². The zero-order valence-corrected chi connectivity index (χ0v) is 20.0. The van der Waals surface area contributed by atoms with E-state index in [0.29, 0.717) is 41.8 Å². The van der Waals surface area contributed by atoms with Crippen LogP contribution in [0.15, 0.2) is 42.6 Å². The van der Waals surface area contributed by atoms with Crippen LogP contribution in [0.3, 0.4) is 0 Å². The van der Waals surface area contributed by atoms with Crippen LogP contribution in [0.25, 0.3) is 11.3 Å². The van der Waals surface area contributed by atoms with Crippen molar-refractivity contribution in [2.24, 2.45) is 0 Å². The number of aliphatic hydroxyl groups is 1. The second kappa shape index (κ2) is 12.6. The van der Waals surface area contributed by atoms with Gasteiger partial charge in [-0.3, -0.25) is 9.59 Å². The summed E-state index contributed by atoms with van der Waals surface area (Å²) in [5, 5.41) is 15.7. The van der Waals surface area contributed by atoms with Crippen LogP contribution in [0.2, 0.25) is 0 Å². The number of hydrogen-bond donors (Lipinski definition) is 4. The van der Waals surface area contributed by atoms with E-state index in [0.717, 1.165) is 17.7 Å². The Morgan fingerprint density at radius 2 is 1.80 bits per heavy atom. The van der Waals surface area contributed by atoms with E-state index >= 15 is 0 Å². The molecule has 0 aliphatic heterocycles. The number of carbonyl (C=O) groups is 2. The summed E-state index contributed by atoms with van der Waals surface area (Å²) in [6.45, 7) is 6.11. The van der Waals surface area contributed by atoms with Crippen molar-refractivity contribution in [3.63, 3.8) is 0 Å². The average molecular weight is 486 g/mol. The molecule has 1 heterocycles. The molecule has 1 atom stereocenters. The molecule has 5 N–H and O–H groups in total. The molecule has 0 aliphatic carbocycles. The van der Waals surface area contributed by atoms with Gasteiger partial charge in [-0.1, -0.05) is 26.8 Å². The van der Waals surface area contributed by atoms with Crippen molar-refractivity contribution in [3.8, 4) is 11.3 Å². The van der Waals surface area contributed by atoms with Gasteiger partial charge in [0, 0.05) is 23.4 Å². The maximum absolute atomic E-state index is 13.3. The van der Waals surface area contributed by atoms with E-state index < -0.39 is 23.6 Å². The molecule has 0 saturated heterocycles. The molecule has 0 fully saturated rings. The summed E-state index contributed by atoms with van der Waals surface area (Å²) in [5.41, 5.74) is 7.72. The second-order valence-electron chi connectivity index (χ2n) is 7.91. The molecule has 0 aliphatic rings. The lowest BCUT2D eigenvalue weighted by Gasteiger charge is -2.14. The molecule has 0 spiro atoms. The third-order valence-electron chi connectivity index (χ3n) is 5.00. The molecular weight excluding hydrogens is 456 g/mol. The number of aromatic nitrogens is 2. The number of benzene rings is 2. The van der Waals surface area contributed by atoms with Gasteiger partial charge in [0.25, 0.3) is 5.91 Å². The number of anilines is 2. The van der Waals surface area contributed by atoms with Crippen molar-refractivity contribution in [1.29, 1.82) is 0 Å². The number of aliphatic hydroxyl groups excluding tert-OH is 1. The topological polar surface area (TPSA) is 130 Å². The van der Waals surface area contributed by atoms with E-state index in [9.17, 15) is 23.5 Å². The van der Waals surface area contributed by atoms with Crippen LogP contribution in [0, 0.1) is 11.6 Å². The van der Waals surface area contributed by atoms with E-state index in [1.165, 1.54) is 6.20 Å². The predicted octanol–water partition coefficient (Wildman–Crippen LogP) is 3.67. The fourth-order valence-corrected chi connectivity index (χ4v) is 2.94. The van der Waals surface area contributed by atoms with Gasteiger partial charge in [-0.15, -0.1) is 0 Å². The highest BCUT2D eigenvalue weighted by Gasteiger charge is 2.20. The third-order valence-corrected chi connectivity index (χ3v) is 5.00. The smallest absolute Gasteiger partial charge is 0.257 e. The first kappa shape index (κ1) is 27.5. The number of amides is 1. The Morgan fingerprint density at radius 3 is 2.34 bits per heavy atom. The van der Waals surface area contributed by atoms with E-state index in [4.69, 9.17) is 5.73 Å². The number of hydrogen-bond acceptors (Lipinski definition) is 7. The molecule has 3 aromatic rings. The summed E-state index contributed by atoms with van der Waals surface area (Å²) in [7, 11) is 1.95. The number of rotatable bonds is 7. The van der Waals surface area contributed by atoms with Crippen molar-refractivity contribution in [3.05, 3.63) is 71.1 Å². The van der Waals surface area contributed by atoms with Gasteiger partial charge in [0.15, 0.2) is 18.2 Å². The summed E-state index contributed by atoms with van der Waals surface area (Å²) >= 11 is 0. The van der Waals surface area contributed by atoms with Gasteiger partial charge in [-0.05, 0) is 48.9 Å². The zero-order chi connectivity index (χ0) is 26.1. The highest BCUT2D eigenvalue weighted by molar-refractivity contribution is 5.95. The minimum Gasteiger partial charge on any atom is -0.382 e. The van der Waals surface area contributed by atoms with Crippen molar-refractivity contribution >= 4 is 23.7 Å². The molecule has 0 bridgehead atoms. The lowest BCUT2D eigenvalue weighted by molar-refractivity contribution is -0.124. The first-order valence-electron chi connectivity index (χ1n) is 10.9. The maximum atomic E-state index is 13.3. The Kier molecular flexibility index (Phi) is 9.92. The summed E-state index contributed by atoms with van der Waals surface area (Å²) in [4.78, 5) is 31.5. The molecule has 1 unspecified atom stereocenters. The quantitative estimate of drug-likeness (QED) is 0.376. The Bertz CT molecular complexity index is 1170. The molecule has 0 radical (unpaired) electrons. The predicted molar refractivity (Wildman–Crippen MR) is 131 cm³/mol. The van der Waals surface area contributed by atoms with Crippen LogP contribution in [0.1, 0.15) is 48.5 Å². The first-order chi connectivity index (χ1) is 16.6.